The standard InChI is InChI=1S/C21H31FN4/c1-23-21(24-20-13-18(20)17-7-3-4-8-19(17)22)26-12-9-16(15-26)14-25-10-5-2-6-11-25/h3-4,7-8,16,18,20H,2,5-6,9-15H2,1H3,(H,23,24). The van der Waals surface area contributed by atoms with Gasteiger partial charge in [-0.2, -0.15) is 0 Å². The van der Waals surface area contributed by atoms with Gasteiger partial charge in [0.25, 0.3) is 0 Å². The predicted molar refractivity (Wildman–Crippen MR) is 104 cm³/mol. The normalized spacial score (nSPS) is 29.8. The molecular formula is C21H31FN4. The van der Waals surface area contributed by atoms with Crippen molar-refractivity contribution in [1.29, 1.82) is 0 Å². The molecule has 142 valence electrons. The molecule has 2 heterocycles. The van der Waals surface area contributed by atoms with Gasteiger partial charge in [0.2, 0.25) is 0 Å². The summed E-state index contributed by atoms with van der Waals surface area (Å²) in [6.45, 7) is 5.95. The molecule has 0 radical (unpaired) electrons. The van der Waals surface area contributed by atoms with Gasteiger partial charge in [0.05, 0.1) is 0 Å². The first-order chi connectivity index (χ1) is 12.7. The molecule has 4 nitrogen and oxygen atoms in total. The van der Waals surface area contributed by atoms with Gasteiger partial charge in [-0.25, -0.2) is 4.39 Å². The van der Waals surface area contributed by atoms with Crippen LogP contribution in [0.25, 0.3) is 0 Å². The first-order valence-electron chi connectivity index (χ1n) is 10.2. The Morgan fingerprint density at radius 3 is 2.77 bits per heavy atom. The number of nitrogens with one attached hydrogen (secondary N) is 1. The zero-order valence-corrected chi connectivity index (χ0v) is 15.8. The highest BCUT2D eigenvalue weighted by Crippen LogP contribution is 2.42. The Bertz CT molecular complexity index is 641. The molecule has 1 saturated carbocycles. The SMILES string of the molecule is CN=C(NC1CC1c1ccccc1F)N1CCC(CN2CCCCC2)C1. The lowest BCUT2D eigenvalue weighted by atomic mass is 10.1. The molecule has 1 aliphatic carbocycles. The largest absolute Gasteiger partial charge is 0.353 e. The summed E-state index contributed by atoms with van der Waals surface area (Å²) in [4.78, 5) is 9.54. The Labute approximate surface area is 156 Å². The van der Waals surface area contributed by atoms with Crippen molar-refractivity contribution < 1.29 is 4.39 Å². The van der Waals surface area contributed by atoms with Crippen LogP contribution in [0, 0.1) is 11.7 Å². The molecule has 26 heavy (non-hydrogen) atoms. The molecule has 3 unspecified atom stereocenters. The summed E-state index contributed by atoms with van der Waals surface area (Å²) < 4.78 is 14.0. The molecule has 0 amide bonds. The van der Waals surface area contributed by atoms with Crippen LogP contribution in [0.5, 0.6) is 0 Å². The third kappa shape index (κ3) is 4.03. The molecule has 0 bridgehead atoms. The van der Waals surface area contributed by atoms with Crippen molar-refractivity contribution in [2.45, 2.75) is 44.1 Å². The van der Waals surface area contributed by atoms with Gasteiger partial charge in [0.1, 0.15) is 5.82 Å². The molecule has 0 spiro atoms. The number of nitrogens with zero attached hydrogens (tertiary/aromatic N) is 3. The minimum absolute atomic E-state index is 0.0837. The van der Waals surface area contributed by atoms with Gasteiger partial charge in [0.15, 0.2) is 5.96 Å². The zero-order valence-electron chi connectivity index (χ0n) is 15.8. The Hall–Kier alpha value is -1.62. The Kier molecular flexibility index (Phi) is 5.44. The lowest BCUT2D eigenvalue weighted by molar-refractivity contribution is 0.198. The fourth-order valence-corrected chi connectivity index (χ4v) is 4.62. The second-order valence-electron chi connectivity index (χ2n) is 8.12. The van der Waals surface area contributed by atoms with Gasteiger partial charge in [0, 0.05) is 38.6 Å². The number of hydrogen-bond donors (Lipinski definition) is 1. The Morgan fingerprint density at radius 1 is 1.19 bits per heavy atom. The van der Waals surface area contributed by atoms with Crippen LogP contribution in [0.3, 0.4) is 0 Å². The van der Waals surface area contributed by atoms with Gasteiger partial charge < -0.3 is 15.1 Å². The maximum absolute atomic E-state index is 14.0. The summed E-state index contributed by atoms with van der Waals surface area (Å²) in [7, 11) is 1.86. The molecule has 3 aliphatic rings. The molecule has 1 aromatic rings. The van der Waals surface area contributed by atoms with Crippen LogP contribution in [0.2, 0.25) is 0 Å². The second-order valence-corrected chi connectivity index (χ2v) is 8.12. The molecule has 4 rings (SSSR count). The number of piperidine rings is 1. The molecule has 3 fully saturated rings. The maximum Gasteiger partial charge on any atom is 0.193 e. The van der Waals surface area contributed by atoms with Crippen LogP contribution in [-0.2, 0) is 0 Å². The molecule has 1 N–H and O–H groups in total. The summed E-state index contributed by atoms with van der Waals surface area (Å²) >= 11 is 0. The minimum Gasteiger partial charge on any atom is -0.353 e. The second kappa shape index (κ2) is 7.95. The van der Waals surface area contributed by atoms with Crippen molar-refractivity contribution in [1.82, 2.24) is 15.1 Å². The predicted octanol–water partition coefficient (Wildman–Crippen LogP) is 3.06. The fraction of sp³-hybridized carbons (Fsp3) is 0.667. The van der Waals surface area contributed by atoms with Crippen LogP contribution in [0.4, 0.5) is 4.39 Å². The van der Waals surface area contributed by atoms with Crippen molar-refractivity contribution in [2.24, 2.45) is 10.9 Å². The van der Waals surface area contributed by atoms with Crippen LogP contribution < -0.4 is 5.32 Å². The zero-order chi connectivity index (χ0) is 17.9. The minimum atomic E-state index is -0.0837. The number of hydrogen-bond acceptors (Lipinski definition) is 2. The van der Waals surface area contributed by atoms with Gasteiger partial charge in [-0.3, -0.25) is 4.99 Å². The van der Waals surface area contributed by atoms with Crippen molar-refractivity contribution >= 4 is 5.96 Å². The van der Waals surface area contributed by atoms with Crippen molar-refractivity contribution in [3.8, 4) is 0 Å². The van der Waals surface area contributed by atoms with Crippen LogP contribution >= 0.6 is 0 Å². The summed E-state index contributed by atoms with van der Waals surface area (Å²) in [6, 6.07) is 7.47. The van der Waals surface area contributed by atoms with E-state index in [1.165, 1.54) is 45.3 Å². The van der Waals surface area contributed by atoms with Gasteiger partial charge in [-0.1, -0.05) is 24.6 Å². The van der Waals surface area contributed by atoms with E-state index in [1.807, 2.05) is 19.2 Å². The maximum atomic E-state index is 14.0. The van der Waals surface area contributed by atoms with E-state index in [9.17, 15) is 4.39 Å². The van der Waals surface area contributed by atoms with Crippen molar-refractivity contribution in [3.63, 3.8) is 0 Å². The molecule has 5 heteroatoms. The lowest BCUT2D eigenvalue weighted by Gasteiger charge is -2.29. The number of rotatable bonds is 4. The average Bonchev–Trinajstić information content (AvgIpc) is 3.28. The van der Waals surface area contributed by atoms with E-state index >= 15 is 0 Å². The summed E-state index contributed by atoms with van der Waals surface area (Å²) in [5.74, 6) is 1.93. The topological polar surface area (TPSA) is 30.9 Å². The fourth-order valence-electron chi connectivity index (χ4n) is 4.62. The van der Waals surface area contributed by atoms with E-state index < -0.39 is 0 Å². The third-order valence-corrected chi connectivity index (χ3v) is 6.17. The average molecular weight is 359 g/mol. The van der Waals surface area contributed by atoms with Crippen molar-refractivity contribution in [2.75, 3.05) is 39.8 Å². The number of benzene rings is 1. The van der Waals surface area contributed by atoms with E-state index in [4.69, 9.17) is 0 Å². The summed E-state index contributed by atoms with van der Waals surface area (Å²) in [5, 5.41) is 3.58. The first kappa shape index (κ1) is 17.8. The molecule has 2 saturated heterocycles. The quantitative estimate of drug-likeness (QED) is 0.663. The van der Waals surface area contributed by atoms with Gasteiger partial charge in [-0.15, -0.1) is 0 Å². The summed E-state index contributed by atoms with van der Waals surface area (Å²) in [5.41, 5.74) is 0.838. The smallest absolute Gasteiger partial charge is 0.193 e. The highest BCUT2D eigenvalue weighted by atomic mass is 19.1. The van der Waals surface area contributed by atoms with Gasteiger partial charge >= 0.3 is 0 Å². The Morgan fingerprint density at radius 2 is 2.00 bits per heavy atom. The van der Waals surface area contributed by atoms with E-state index in [0.717, 1.165) is 37.0 Å². The highest BCUT2D eigenvalue weighted by molar-refractivity contribution is 5.81. The van der Waals surface area contributed by atoms with Crippen LogP contribution in [0.15, 0.2) is 29.3 Å². The number of guanidine groups is 1. The Balaban J connectivity index is 1.28. The van der Waals surface area contributed by atoms with Gasteiger partial charge in [-0.05, 0) is 56.3 Å². The van der Waals surface area contributed by atoms with E-state index in [-0.39, 0.29) is 11.7 Å². The number of likely N-dealkylation sites (tertiary alicyclic amines) is 2. The number of aliphatic imine (C=N–C) groups is 1. The monoisotopic (exact) mass is 358 g/mol. The van der Waals surface area contributed by atoms with E-state index in [0.29, 0.717) is 6.04 Å². The molecule has 0 aromatic heterocycles. The molecule has 3 atom stereocenters. The van der Waals surface area contributed by atoms with E-state index in [2.05, 4.69) is 20.1 Å². The first-order valence-corrected chi connectivity index (χ1v) is 10.2. The third-order valence-electron chi connectivity index (χ3n) is 6.17. The van der Waals surface area contributed by atoms with Crippen LogP contribution in [-0.4, -0.2) is 61.6 Å². The molecular weight excluding hydrogens is 327 g/mol. The highest BCUT2D eigenvalue weighted by Gasteiger charge is 2.41. The van der Waals surface area contributed by atoms with Crippen molar-refractivity contribution in [3.05, 3.63) is 35.6 Å². The summed E-state index contributed by atoms with van der Waals surface area (Å²) in [6.07, 6.45) is 6.36. The molecule has 1 aromatic carbocycles. The van der Waals surface area contributed by atoms with Crippen LogP contribution in [0.1, 0.15) is 43.6 Å². The number of halogens is 1. The van der Waals surface area contributed by atoms with E-state index in [1.54, 1.807) is 12.1 Å². The lowest BCUT2D eigenvalue weighted by Crippen LogP contribution is -2.42. The molecule has 2 aliphatic heterocycles.